The molecule has 0 aromatic rings. The van der Waals surface area contributed by atoms with Crippen molar-refractivity contribution in [2.45, 2.75) is 18.9 Å². The van der Waals surface area contributed by atoms with Crippen LogP contribution in [0.1, 0.15) is 12.8 Å². The van der Waals surface area contributed by atoms with Crippen molar-refractivity contribution in [3.05, 3.63) is 0 Å². The summed E-state index contributed by atoms with van der Waals surface area (Å²) in [6.07, 6.45) is 1.66. The minimum Gasteiger partial charge on any atom is -0.357 e. The smallest absolute Gasteiger partial charge is 0.320 e. The third-order valence-electron chi connectivity index (χ3n) is 2.43. The Morgan fingerprint density at radius 1 is 1.43 bits per heavy atom. The van der Waals surface area contributed by atoms with Gasteiger partial charge in [-0.05, 0) is 12.8 Å². The second kappa shape index (κ2) is 4.30. The fraction of sp³-hybridized carbons (Fsp3) is 0.778. The highest BCUT2D eigenvalue weighted by Crippen LogP contribution is 2.18. The lowest BCUT2D eigenvalue weighted by Crippen LogP contribution is -2.48. The van der Waals surface area contributed by atoms with Gasteiger partial charge in [0.15, 0.2) is 0 Å². The second-order valence-corrected chi connectivity index (χ2v) is 3.64. The van der Waals surface area contributed by atoms with E-state index in [1.165, 1.54) is 4.90 Å². The first kappa shape index (κ1) is 10.8. The Hall–Kier alpha value is -1.26. The number of carbonyl (C=O) groups is 2. The van der Waals surface area contributed by atoms with E-state index in [9.17, 15) is 9.59 Å². The zero-order valence-corrected chi connectivity index (χ0v) is 8.91. The maximum Gasteiger partial charge on any atom is 0.320 e. The number of likely N-dealkylation sites (N-methyl/N-ethyl adjacent to an activating group) is 1. The van der Waals surface area contributed by atoms with Gasteiger partial charge in [-0.1, -0.05) is 0 Å². The van der Waals surface area contributed by atoms with Gasteiger partial charge in [0.25, 0.3) is 0 Å². The molecule has 1 rings (SSSR count). The highest BCUT2D eigenvalue weighted by atomic mass is 16.2. The van der Waals surface area contributed by atoms with Gasteiger partial charge in [0.2, 0.25) is 5.91 Å². The molecule has 0 aromatic carbocycles. The predicted octanol–water partition coefficient (Wildman–Crippen LogP) is -0.122. The molecular weight excluding hydrogens is 182 g/mol. The molecule has 0 radical (unpaired) electrons. The first-order valence-corrected chi connectivity index (χ1v) is 4.77. The van der Waals surface area contributed by atoms with Gasteiger partial charge in [0, 0.05) is 27.7 Å². The lowest BCUT2D eigenvalue weighted by atomic mass is 10.2. The van der Waals surface area contributed by atoms with Crippen LogP contribution in [0.4, 0.5) is 4.79 Å². The number of nitrogens with one attached hydrogen (secondary N) is 1. The summed E-state index contributed by atoms with van der Waals surface area (Å²) in [4.78, 5) is 26.2. The Balaban J connectivity index is 2.68. The Bertz CT molecular complexity index is 240. The maximum atomic E-state index is 11.6. The standard InChI is InChI=1S/C9H17N3O2/c1-10-8(13)7-5-4-6-12(7)9(14)11(2)3/h7H,4-6H2,1-3H3,(H,10,13). The van der Waals surface area contributed by atoms with Crippen molar-refractivity contribution >= 4 is 11.9 Å². The molecule has 1 saturated heterocycles. The zero-order chi connectivity index (χ0) is 10.7. The number of urea groups is 1. The molecule has 1 atom stereocenters. The molecule has 1 aliphatic rings. The van der Waals surface area contributed by atoms with E-state index in [1.54, 1.807) is 26.0 Å². The van der Waals surface area contributed by atoms with Crippen LogP contribution in [-0.4, -0.2) is 55.5 Å². The molecule has 0 aliphatic carbocycles. The minimum atomic E-state index is -0.283. The molecule has 0 saturated carbocycles. The van der Waals surface area contributed by atoms with Crippen LogP contribution < -0.4 is 5.32 Å². The summed E-state index contributed by atoms with van der Waals surface area (Å²) in [6.45, 7) is 0.676. The van der Waals surface area contributed by atoms with E-state index in [-0.39, 0.29) is 18.0 Å². The van der Waals surface area contributed by atoms with E-state index >= 15 is 0 Å². The van der Waals surface area contributed by atoms with Gasteiger partial charge in [-0.25, -0.2) is 4.79 Å². The number of nitrogens with zero attached hydrogens (tertiary/aromatic N) is 2. The summed E-state index contributed by atoms with van der Waals surface area (Å²) < 4.78 is 0. The van der Waals surface area contributed by atoms with Crippen molar-refractivity contribution in [3.63, 3.8) is 0 Å². The topological polar surface area (TPSA) is 52.7 Å². The number of amides is 3. The summed E-state index contributed by atoms with van der Waals surface area (Å²) in [5, 5.41) is 2.58. The van der Waals surface area contributed by atoms with Crippen LogP contribution in [0.25, 0.3) is 0 Å². The lowest BCUT2D eigenvalue weighted by Gasteiger charge is -2.26. The summed E-state index contributed by atoms with van der Waals surface area (Å²) in [5.41, 5.74) is 0. The Labute approximate surface area is 84.0 Å². The molecule has 5 nitrogen and oxygen atoms in total. The molecule has 0 spiro atoms. The number of rotatable bonds is 1. The molecule has 1 unspecified atom stereocenters. The molecule has 5 heteroatoms. The molecule has 0 aromatic heterocycles. The SMILES string of the molecule is CNC(=O)C1CCCN1C(=O)N(C)C. The van der Waals surface area contributed by atoms with Crippen molar-refractivity contribution in [2.75, 3.05) is 27.7 Å². The molecular formula is C9H17N3O2. The highest BCUT2D eigenvalue weighted by molar-refractivity contribution is 5.87. The molecule has 80 valence electrons. The van der Waals surface area contributed by atoms with Gasteiger partial charge >= 0.3 is 6.03 Å². The Morgan fingerprint density at radius 3 is 2.57 bits per heavy atom. The van der Waals surface area contributed by atoms with Crippen molar-refractivity contribution in [2.24, 2.45) is 0 Å². The van der Waals surface area contributed by atoms with Gasteiger partial charge in [-0.3, -0.25) is 4.79 Å². The normalized spacial score (nSPS) is 20.8. The molecule has 14 heavy (non-hydrogen) atoms. The van der Waals surface area contributed by atoms with E-state index in [0.29, 0.717) is 6.54 Å². The fourth-order valence-electron chi connectivity index (χ4n) is 1.69. The predicted molar refractivity (Wildman–Crippen MR) is 52.9 cm³/mol. The Kier molecular flexibility index (Phi) is 3.33. The highest BCUT2D eigenvalue weighted by Gasteiger charge is 2.34. The van der Waals surface area contributed by atoms with Gasteiger partial charge in [0.05, 0.1) is 0 Å². The third kappa shape index (κ3) is 1.97. The van der Waals surface area contributed by atoms with Crippen molar-refractivity contribution in [1.29, 1.82) is 0 Å². The average Bonchev–Trinajstić information content (AvgIpc) is 2.63. The van der Waals surface area contributed by atoms with Gasteiger partial charge in [0.1, 0.15) is 6.04 Å². The Morgan fingerprint density at radius 2 is 2.07 bits per heavy atom. The van der Waals surface area contributed by atoms with Crippen LogP contribution in [-0.2, 0) is 4.79 Å². The number of carbonyl (C=O) groups excluding carboxylic acids is 2. The summed E-state index contributed by atoms with van der Waals surface area (Å²) in [7, 11) is 4.99. The minimum absolute atomic E-state index is 0.0716. The molecule has 3 amide bonds. The first-order chi connectivity index (χ1) is 6.57. The molecule has 0 bridgehead atoms. The molecule has 1 fully saturated rings. The van der Waals surface area contributed by atoms with Gasteiger partial charge < -0.3 is 15.1 Å². The van der Waals surface area contributed by atoms with Crippen LogP contribution in [0, 0.1) is 0 Å². The average molecular weight is 199 g/mol. The monoisotopic (exact) mass is 199 g/mol. The van der Waals surface area contributed by atoms with Crippen LogP contribution in [0.5, 0.6) is 0 Å². The van der Waals surface area contributed by atoms with E-state index in [2.05, 4.69) is 5.32 Å². The maximum absolute atomic E-state index is 11.6. The third-order valence-corrected chi connectivity index (χ3v) is 2.43. The first-order valence-electron chi connectivity index (χ1n) is 4.77. The fourth-order valence-corrected chi connectivity index (χ4v) is 1.69. The number of hydrogen-bond donors (Lipinski definition) is 1. The number of hydrogen-bond acceptors (Lipinski definition) is 2. The van der Waals surface area contributed by atoms with E-state index in [0.717, 1.165) is 12.8 Å². The molecule has 1 N–H and O–H groups in total. The zero-order valence-electron chi connectivity index (χ0n) is 8.91. The number of likely N-dealkylation sites (tertiary alicyclic amines) is 1. The molecule has 1 aliphatic heterocycles. The summed E-state index contributed by atoms with van der Waals surface area (Å²) in [5.74, 6) is -0.0716. The summed E-state index contributed by atoms with van der Waals surface area (Å²) >= 11 is 0. The van der Waals surface area contributed by atoms with Crippen molar-refractivity contribution < 1.29 is 9.59 Å². The van der Waals surface area contributed by atoms with Gasteiger partial charge in [-0.15, -0.1) is 0 Å². The largest absolute Gasteiger partial charge is 0.357 e. The van der Waals surface area contributed by atoms with Crippen LogP contribution in [0.2, 0.25) is 0 Å². The molecule has 1 heterocycles. The van der Waals surface area contributed by atoms with Crippen LogP contribution >= 0.6 is 0 Å². The van der Waals surface area contributed by atoms with E-state index < -0.39 is 0 Å². The summed E-state index contributed by atoms with van der Waals surface area (Å²) in [6, 6.07) is -0.369. The van der Waals surface area contributed by atoms with Crippen LogP contribution in [0.3, 0.4) is 0 Å². The second-order valence-electron chi connectivity index (χ2n) is 3.64. The van der Waals surface area contributed by atoms with Gasteiger partial charge in [-0.2, -0.15) is 0 Å². The quantitative estimate of drug-likeness (QED) is 0.640. The lowest BCUT2D eigenvalue weighted by molar-refractivity contribution is -0.124. The van der Waals surface area contributed by atoms with E-state index in [1.807, 2.05) is 0 Å². The van der Waals surface area contributed by atoms with Crippen molar-refractivity contribution in [1.82, 2.24) is 15.1 Å². The van der Waals surface area contributed by atoms with Crippen LogP contribution in [0.15, 0.2) is 0 Å². The van der Waals surface area contributed by atoms with Crippen molar-refractivity contribution in [3.8, 4) is 0 Å². The van der Waals surface area contributed by atoms with E-state index in [4.69, 9.17) is 0 Å².